The fourth-order valence-corrected chi connectivity index (χ4v) is 2.94. The van der Waals surface area contributed by atoms with Crippen molar-refractivity contribution in [3.05, 3.63) is 66.4 Å². The van der Waals surface area contributed by atoms with Gasteiger partial charge in [0.15, 0.2) is 5.76 Å². The molecule has 0 spiro atoms. The van der Waals surface area contributed by atoms with E-state index in [0.717, 1.165) is 5.56 Å². The molecule has 1 saturated heterocycles. The third kappa shape index (κ3) is 3.28. The number of carbonyl (C=O) groups is 1. The molecular weight excluding hydrogens is 335 g/mol. The molecule has 7 heteroatoms. The van der Waals surface area contributed by atoms with Gasteiger partial charge in [0.05, 0.1) is 0 Å². The fraction of sp³-hybridized carbons (Fsp3) is 0.211. The van der Waals surface area contributed by atoms with Gasteiger partial charge in [0.2, 0.25) is 5.95 Å². The van der Waals surface area contributed by atoms with Crippen LogP contribution in [0, 0.1) is 5.82 Å². The summed E-state index contributed by atoms with van der Waals surface area (Å²) >= 11 is 0. The first-order valence-corrected chi connectivity index (χ1v) is 8.38. The van der Waals surface area contributed by atoms with Crippen LogP contribution in [-0.2, 0) is 0 Å². The highest BCUT2D eigenvalue weighted by Gasteiger charge is 2.25. The predicted molar refractivity (Wildman–Crippen MR) is 94.3 cm³/mol. The third-order valence-electron chi connectivity index (χ3n) is 4.35. The maximum atomic E-state index is 13.0. The first-order valence-electron chi connectivity index (χ1n) is 8.38. The summed E-state index contributed by atoms with van der Waals surface area (Å²) in [5.41, 5.74) is 0.733. The van der Waals surface area contributed by atoms with E-state index in [1.807, 2.05) is 0 Å². The van der Waals surface area contributed by atoms with Crippen molar-refractivity contribution in [2.75, 3.05) is 31.1 Å². The highest BCUT2D eigenvalue weighted by atomic mass is 19.1. The van der Waals surface area contributed by atoms with Crippen LogP contribution in [0.15, 0.2) is 59.3 Å². The molecule has 26 heavy (non-hydrogen) atoms. The van der Waals surface area contributed by atoms with Gasteiger partial charge in [-0.1, -0.05) is 0 Å². The van der Waals surface area contributed by atoms with Crippen molar-refractivity contribution in [1.82, 2.24) is 14.9 Å². The quantitative estimate of drug-likeness (QED) is 0.725. The Morgan fingerprint density at radius 1 is 0.962 bits per heavy atom. The zero-order chi connectivity index (χ0) is 17.9. The second kappa shape index (κ2) is 6.95. The first-order chi connectivity index (χ1) is 12.7. The molecule has 3 heterocycles. The van der Waals surface area contributed by atoms with Gasteiger partial charge in [-0.2, -0.15) is 0 Å². The molecule has 0 unspecified atom stereocenters. The molecule has 3 aromatic rings. The normalized spacial score (nSPS) is 14.5. The maximum absolute atomic E-state index is 13.0. The minimum absolute atomic E-state index is 0.146. The van der Waals surface area contributed by atoms with Crippen LogP contribution in [0.3, 0.4) is 0 Å². The Balaban J connectivity index is 1.42. The number of furan rings is 1. The number of aromatic nitrogens is 2. The van der Waals surface area contributed by atoms with Gasteiger partial charge in [-0.3, -0.25) is 4.79 Å². The molecule has 0 radical (unpaired) electrons. The lowest BCUT2D eigenvalue weighted by molar-refractivity contribution is 0.0715. The van der Waals surface area contributed by atoms with Crippen LogP contribution >= 0.6 is 0 Å². The van der Waals surface area contributed by atoms with E-state index in [2.05, 4.69) is 14.9 Å². The number of amides is 1. The molecule has 132 valence electrons. The number of hydrogen-bond acceptors (Lipinski definition) is 5. The van der Waals surface area contributed by atoms with Crippen molar-refractivity contribution < 1.29 is 13.6 Å². The van der Waals surface area contributed by atoms with E-state index in [-0.39, 0.29) is 17.5 Å². The van der Waals surface area contributed by atoms with Gasteiger partial charge >= 0.3 is 0 Å². The number of rotatable bonds is 3. The molecule has 0 N–H and O–H groups in total. The van der Waals surface area contributed by atoms with Crippen LogP contribution in [0.4, 0.5) is 10.3 Å². The van der Waals surface area contributed by atoms with Crippen molar-refractivity contribution in [2.45, 2.75) is 0 Å². The van der Waals surface area contributed by atoms with Gasteiger partial charge in [0.1, 0.15) is 11.6 Å². The lowest BCUT2D eigenvalue weighted by Gasteiger charge is -2.34. The van der Waals surface area contributed by atoms with Gasteiger partial charge in [-0.15, -0.1) is 0 Å². The molecule has 1 aliphatic heterocycles. The summed E-state index contributed by atoms with van der Waals surface area (Å²) in [6.45, 7) is 2.48. The van der Waals surface area contributed by atoms with Gasteiger partial charge < -0.3 is 14.2 Å². The van der Waals surface area contributed by atoms with Gasteiger partial charge in [-0.05, 0) is 42.5 Å². The summed E-state index contributed by atoms with van der Waals surface area (Å²) in [6, 6.07) is 11.2. The first kappa shape index (κ1) is 16.3. The SMILES string of the molecule is O=C(c1ccc(-c2ccc(F)cc2)o1)N1CCN(c2ncccn2)CC1. The minimum atomic E-state index is -0.308. The second-order valence-electron chi connectivity index (χ2n) is 6.00. The van der Waals surface area contributed by atoms with E-state index in [1.165, 1.54) is 12.1 Å². The number of hydrogen-bond donors (Lipinski definition) is 0. The number of halogens is 1. The molecule has 2 aromatic heterocycles. The van der Waals surface area contributed by atoms with E-state index in [0.29, 0.717) is 37.9 Å². The highest BCUT2D eigenvalue weighted by molar-refractivity contribution is 5.92. The third-order valence-corrected chi connectivity index (χ3v) is 4.35. The molecule has 0 aliphatic carbocycles. The Bertz CT molecular complexity index is 887. The largest absolute Gasteiger partial charge is 0.451 e. The monoisotopic (exact) mass is 352 g/mol. The van der Waals surface area contributed by atoms with E-state index < -0.39 is 0 Å². The molecule has 0 atom stereocenters. The molecule has 0 bridgehead atoms. The summed E-state index contributed by atoms with van der Waals surface area (Å²) in [4.78, 5) is 25.0. The van der Waals surface area contributed by atoms with Crippen molar-refractivity contribution in [3.63, 3.8) is 0 Å². The number of carbonyl (C=O) groups excluding carboxylic acids is 1. The average Bonchev–Trinajstić information content (AvgIpc) is 3.19. The van der Waals surface area contributed by atoms with Gasteiger partial charge in [0, 0.05) is 44.1 Å². The van der Waals surface area contributed by atoms with Crippen LogP contribution in [0.5, 0.6) is 0 Å². The molecule has 1 aromatic carbocycles. The second-order valence-corrected chi connectivity index (χ2v) is 6.00. The Kier molecular flexibility index (Phi) is 4.35. The zero-order valence-corrected chi connectivity index (χ0v) is 14.0. The Hall–Kier alpha value is -3.22. The number of piperazine rings is 1. The summed E-state index contributed by atoms with van der Waals surface area (Å²) in [6.07, 6.45) is 3.42. The number of nitrogens with zero attached hydrogens (tertiary/aromatic N) is 4. The average molecular weight is 352 g/mol. The molecular formula is C19H17FN4O2. The van der Waals surface area contributed by atoms with Crippen LogP contribution in [0.2, 0.25) is 0 Å². The Labute approximate surface area is 149 Å². The molecule has 0 saturated carbocycles. The van der Waals surface area contributed by atoms with Crippen LogP contribution in [0.25, 0.3) is 11.3 Å². The fourth-order valence-electron chi connectivity index (χ4n) is 2.94. The topological polar surface area (TPSA) is 62.5 Å². The van der Waals surface area contributed by atoms with E-state index in [9.17, 15) is 9.18 Å². The van der Waals surface area contributed by atoms with E-state index in [1.54, 1.807) is 47.6 Å². The Morgan fingerprint density at radius 3 is 2.35 bits per heavy atom. The van der Waals surface area contributed by atoms with Crippen LogP contribution in [0.1, 0.15) is 10.6 Å². The van der Waals surface area contributed by atoms with Crippen molar-refractivity contribution in [1.29, 1.82) is 0 Å². The van der Waals surface area contributed by atoms with E-state index >= 15 is 0 Å². The van der Waals surface area contributed by atoms with Crippen LogP contribution in [-0.4, -0.2) is 47.0 Å². The summed E-state index contributed by atoms with van der Waals surface area (Å²) in [5.74, 6) is 1.05. The lowest BCUT2D eigenvalue weighted by Crippen LogP contribution is -2.49. The van der Waals surface area contributed by atoms with Crippen LogP contribution < -0.4 is 4.90 Å². The van der Waals surface area contributed by atoms with Crippen molar-refractivity contribution in [2.24, 2.45) is 0 Å². The van der Waals surface area contributed by atoms with Gasteiger partial charge in [-0.25, -0.2) is 14.4 Å². The Morgan fingerprint density at radius 2 is 1.65 bits per heavy atom. The lowest BCUT2D eigenvalue weighted by atomic mass is 10.2. The molecule has 1 fully saturated rings. The summed E-state index contributed by atoms with van der Waals surface area (Å²) in [5, 5.41) is 0. The van der Waals surface area contributed by atoms with Gasteiger partial charge in [0.25, 0.3) is 5.91 Å². The number of benzene rings is 1. The standard InChI is InChI=1S/C19H17FN4O2/c20-15-4-2-14(3-5-15)16-6-7-17(26-16)18(25)23-10-12-24(13-11-23)19-21-8-1-9-22-19/h1-9H,10-13H2. The minimum Gasteiger partial charge on any atom is -0.451 e. The van der Waals surface area contributed by atoms with Crippen molar-refractivity contribution >= 4 is 11.9 Å². The zero-order valence-electron chi connectivity index (χ0n) is 14.0. The summed E-state index contributed by atoms with van der Waals surface area (Å²) in [7, 11) is 0. The predicted octanol–water partition coefficient (Wildman–Crippen LogP) is 2.84. The van der Waals surface area contributed by atoms with E-state index in [4.69, 9.17) is 4.42 Å². The smallest absolute Gasteiger partial charge is 0.289 e. The molecule has 6 nitrogen and oxygen atoms in total. The highest BCUT2D eigenvalue weighted by Crippen LogP contribution is 2.23. The molecule has 1 aliphatic rings. The maximum Gasteiger partial charge on any atom is 0.289 e. The molecule has 1 amide bonds. The molecule has 4 rings (SSSR count). The number of anilines is 1. The summed E-state index contributed by atoms with van der Waals surface area (Å²) < 4.78 is 18.7. The van der Waals surface area contributed by atoms with Crippen molar-refractivity contribution in [3.8, 4) is 11.3 Å².